The van der Waals surface area contributed by atoms with Crippen molar-refractivity contribution in [2.24, 2.45) is 5.92 Å². The number of fused-ring (bicyclic) bond motifs is 2. The average Bonchev–Trinajstić information content (AvgIpc) is 3.05. The third-order valence-corrected chi connectivity index (χ3v) is 8.22. The molecule has 204 valence electrons. The average molecular weight is 548 g/mol. The van der Waals surface area contributed by atoms with Crippen LogP contribution in [-0.2, 0) is 17.9 Å². The first-order chi connectivity index (χ1) is 20.7. The van der Waals surface area contributed by atoms with Crippen molar-refractivity contribution in [3.05, 3.63) is 168 Å². The maximum atomic E-state index is 13.4. The zero-order valence-electron chi connectivity index (χ0n) is 23.2. The molecule has 0 spiro atoms. The minimum absolute atomic E-state index is 0.0299. The molecular formula is C38H31N2O2+. The van der Waals surface area contributed by atoms with Crippen molar-refractivity contribution in [1.82, 2.24) is 0 Å². The van der Waals surface area contributed by atoms with Crippen LogP contribution < -0.4 is 9.47 Å². The summed E-state index contributed by atoms with van der Waals surface area (Å²) in [5.74, 6) is -0.597. The first-order valence-electron chi connectivity index (χ1n) is 14.3. The van der Waals surface area contributed by atoms with Crippen LogP contribution >= 0.6 is 0 Å². The van der Waals surface area contributed by atoms with Gasteiger partial charge in [0.05, 0.1) is 17.4 Å². The van der Waals surface area contributed by atoms with Gasteiger partial charge in [-0.1, -0.05) is 97.1 Å². The highest BCUT2D eigenvalue weighted by Gasteiger charge is 2.43. The fraction of sp³-hybridized carbons (Fsp3) is 0.105. The van der Waals surface area contributed by atoms with Gasteiger partial charge in [-0.2, -0.15) is 4.57 Å². The second-order valence-corrected chi connectivity index (χ2v) is 10.9. The van der Waals surface area contributed by atoms with Gasteiger partial charge in [0.2, 0.25) is 5.52 Å². The Morgan fingerprint density at radius 3 is 2.26 bits per heavy atom. The van der Waals surface area contributed by atoms with Crippen molar-refractivity contribution in [2.45, 2.75) is 19.2 Å². The normalized spacial score (nSPS) is 19.7. The highest BCUT2D eigenvalue weighted by molar-refractivity contribution is 6.12. The first-order valence-corrected chi connectivity index (χ1v) is 14.3. The van der Waals surface area contributed by atoms with E-state index in [1.165, 1.54) is 11.1 Å². The van der Waals surface area contributed by atoms with Crippen molar-refractivity contribution >= 4 is 34.0 Å². The summed E-state index contributed by atoms with van der Waals surface area (Å²) in [7, 11) is 0. The van der Waals surface area contributed by atoms with Crippen molar-refractivity contribution in [3.63, 3.8) is 0 Å². The summed E-state index contributed by atoms with van der Waals surface area (Å²) in [5, 5.41) is 12.2. The highest BCUT2D eigenvalue weighted by atomic mass is 16.3. The fourth-order valence-corrected chi connectivity index (χ4v) is 5.99. The van der Waals surface area contributed by atoms with Crippen molar-refractivity contribution in [2.75, 3.05) is 4.90 Å². The second-order valence-electron chi connectivity index (χ2n) is 10.9. The van der Waals surface area contributed by atoms with Crippen LogP contribution in [0.2, 0.25) is 0 Å². The van der Waals surface area contributed by atoms with Gasteiger partial charge in [0.25, 0.3) is 0 Å². The van der Waals surface area contributed by atoms with Crippen LogP contribution in [0.4, 0.5) is 5.69 Å². The van der Waals surface area contributed by atoms with E-state index in [2.05, 4.69) is 94.7 Å². The summed E-state index contributed by atoms with van der Waals surface area (Å²) in [6.07, 6.45) is 9.11. The first kappa shape index (κ1) is 25.9. The van der Waals surface area contributed by atoms with Crippen LogP contribution in [0, 0.1) is 5.92 Å². The van der Waals surface area contributed by atoms with E-state index in [0.29, 0.717) is 5.57 Å². The van der Waals surface area contributed by atoms with Crippen molar-refractivity contribution in [1.29, 1.82) is 0 Å². The van der Waals surface area contributed by atoms with Crippen molar-refractivity contribution < 1.29 is 14.5 Å². The van der Waals surface area contributed by atoms with Gasteiger partial charge in [-0.05, 0) is 41.0 Å². The molecule has 2 atom stereocenters. The number of carbonyl (C=O) groups excluding carboxylic acids is 1. The Morgan fingerprint density at radius 2 is 1.48 bits per heavy atom. The van der Waals surface area contributed by atoms with Crippen LogP contribution in [0.1, 0.15) is 22.3 Å². The van der Waals surface area contributed by atoms with E-state index in [0.717, 1.165) is 46.4 Å². The molecule has 4 aromatic carbocycles. The van der Waals surface area contributed by atoms with E-state index in [9.17, 15) is 9.90 Å². The van der Waals surface area contributed by atoms with Gasteiger partial charge in [-0.15, -0.1) is 0 Å². The van der Waals surface area contributed by atoms with Crippen LogP contribution in [0.15, 0.2) is 145 Å². The Bertz CT molecular complexity index is 1870. The second kappa shape index (κ2) is 11.1. The summed E-state index contributed by atoms with van der Waals surface area (Å²) in [6, 6.07) is 39.2. The van der Waals surface area contributed by atoms with Crippen molar-refractivity contribution in [3.8, 4) is 0 Å². The minimum Gasteiger partial charge on any atom is -0.387 e. The number of pyridine rings is 1. The molecule has 2 unspecified atom stereocenters. The summed E-state index contributed by atoms with van der Waals surface area (Å²) >= 11 is 0. The number of Topliss-reactive ketones (excluding diaryl/α,β-unsaturated/α-hetero) is 1. The lowest BCUT2D eigenvalue weighted by atomic mass is 9.73. The Hall–Kier alpha value is -5.06. The molecule has 4 nitrogen and oxygen atoms in total. The Labute approximate surface area is 245 Å². The lowest BCUT2D eigenvalue weighted by Gasteiger charge is -2.34. The number of allylic oxidation sites excluding steroid dienone is 2. The molecule has 0 amide bonds. The molecule has 2 aliphatic rings. The third-order valence-electron chi connectivity index (χ3n) is 8.22. The zero-order valence-corrected chi connectivity index (χ0v) is 23.2. The van der Waals surface area contributed by atoms with Gasteiger partial charge in [0.1, 0.15) is 0 Å². The standard InChI is InChI=1S/C38H31N2O2/c41-37-33(23-29-19-21-39(25-27-11-3-1-4-12-27)35-17-9-7-15-31(29)35)38(42)34(37)24-30-20-22-40(26-28-13-5-2-6-14-28)36-18-10-8-16-32(30)36/h1-24,33,37,41H,25-26H2/q+1. The molecule has 1 fully saturated rings. The Balaban J connectivity index is 1.15. The van der Waals surface area contributed by atoms with Crippen LogP contribution in [0.5, 0.6) is 0 Å². The summed E-state index contributed by atoms with van der Waals surface area (Å²) in [6.45, 7) is 1.52. The van der Waals surface area contributed by atoms with E-state index in [4.69, 9.17) is 0 Å². The number of rotatable bonds is 6. The van der Waals surface area contributed by atoms with Crippen LogP contribution in [-0.4, -0.2) is 17.0 Å². The number of nitrogens with zero attached hydrogens (tertiary/aromatic N) is 2. The van der Waals surface area contributed by atoms with Gasteiger partial charge >= 0.3 is 0 Å². The van der Waals surface area contributed by atoms with E-state index in [-0.39, 0.29) is 5.78 Å². The monoisotopic (exact) mass is 547 g/mol. The Morgan fingerprint density at radius 1 is 0.786 bits per heavy atom. The number of benzene rings is 4. The van der Waals surface area contributed by atoms with Gasteiger partial charge in [-0.25, -0.2) is 0 Å². The maximum Gasteiger partial charge on any atom is 0.213 e. The molecule has 1 aliphatic heterocycles. The van der Waals surface area contributed by atoms with Gasteiger partial charge in [-0.3, -0.25) is 4.79 Å². The zero-order chi connectivity index (χ0) is 28.5. The predicted molar refractivity (Wildman–Crippen MR) is 168 cm³/mol. The number of para-hydroxylation sites is 2. The molecule has 4 heteroatoms. The van der Waals surface area contributed by atoms with Gasteiger partial charge in [0.15, 0.2) is 18.5 Å². The Kier molecular flexibility index (Phi) is 6.82. The van der Waals surface area contributed by atoms with Gasteiger partial charge < -0.3 is 10.0 Å². The number of carbonyl (C=O) groups is 1. The number of hydrogen-bond donors (Lipinski definition) is 1. The van der Waals surface area contributed by atoms with Crippen LogP contribution in [0.3, 0.4) is 0 Å². The predicted octanol–water partition coefficient (Wildman–Crippen LogP) is 6.74. The SMILES string of the molecule is O=C1C(=Cc2cc[n+](Cc3ccccc3)c3ccccc23)C(O)C1C=C1C=CN(Cc2ccccc2)c2ccccc21. The topological polar surface area (TPSA) is 44.4 Å². The molecule has 42 heavy (non-hydrogen) atoms. The van der Waals surface area contributed by atoms with Gasteiger partial charge in [0, 0.05) is 47.3 Å². The largest absolute Gasteiger partial charge is 0.387 e. The lowest BCUT2D eigenvalue weighted by Crippen LogP contribution is -2.43. The van der Waals surface area contributed by atoms with Crippen LogP contribution in [0.25, 0.3) is 22.6 Å². The summed E-state index contributed by atoms with van der Waals surface area (Å²) in [4.78, 5) is 15.6. The number of ketones is 1. The molecule has 7 rings (SSSR count). The smallest absolute Gasteiger partial charge is 0.213 e. The molecule has 0 radical (unpaired) electrons. The summed E-state index contributed by atoms with van der Waals surface area (Å²) < 4.78 is 2.22. The third kappa shape index (κ3) is 4.87. The van der Waals surface area contributed by atoms with E-state index < -0.39 is 12.0 Å². The van der Waals surface area contributed by atoms with E-state index in [1.807, 2.05) is 60.7 Å². The summed E-state index contributed by atoms with van der Waals surface area (Å²) in [5.41, 5.74) is 8.03. The fourth-order valence-electron chi connectivity index (χ4n) is 5.99. The molecule has 0 bridgehead atoms. The molecule has 0 saturated heterocycles. The molecule has 1 N–H and O–H groups in total. The highest BCUT2D eigenvalue weighted by Crippen LogP contribution is 2.39. The van der Waals surface area contributed by atoms with E-state index in [1.54, 1.807) is 0 Å². The van der Waals surface area contributed by atoms with E-state index >= 15 is 0 Å². The molecule has 1 saturated carbocycles. The molecule has 1 aliphatic carbocycles. The number of aliphatic hydroxyl groups is 1. The molecule has 1 aromatic heterocycles. The molecular weight excluding hydrogens is 516 g/mol. The number of aromatic nitrogens is 1. The number of anilines is 1. The maximum absolute atomic E-state index is 13.4. The molecule has 5 aromatic rings. The molecule has 2 heterocycles. The number of aliphatic hydroxyl groups excluding tert-OH is 1. The minimum atomic E-state index is -0.844. The quantitative estimate of drug-likeness (QED) is 0.189. The lowest BCUT2D eigenvalue weighted by molar-refractivity contribution is -0.662. The number of hydrogen-bond acceptors (Lipinski definition) is 3.